The Balaban J connectivity index is 1.54. The lowest BCUT2D eigenvalue weighted by Gasteiger charge is -2.64. The van der Waals surface area contributed by atoms with Crippen LogP contribution in [-0.4, -0.2) is 69.3 Å². The third-order valence-corrected chi connectivity index (χ3v) is 9.21. The molecule has 6 nitrogen and oxygen atoms in total. The number of phenolic OH excluding ortho intramolecular Hbond substituents is 1. The molecule has 1 aromatic carbocycles. The number of carbonyl (C=O) groups is 1. The van der Waals surface area contributed by atoms with Gasteiger partial charge in [0, 0.05) is 31.1 Å². The van der Waals surface area contributed by atoms with E-state index in [4.69, 9.17) is 4.74 Å². The quantitative estimate of drug-likeness (QED) is 0.425. The van der Waals surface area contributed by atoms with E-state index in [1.807, 2.05) is 24.0 Å². The van der Waals surface area contributed by atoms with Gasteiger partial charge >= 0.3 is 0 Å². The van der Waals surface area contributed by atoms with Crippen molar-refractivity contribution >= 4 is 5.91 Å². The van der Waals surface area contributed by atoms with E-state index in [0.29, 0.717) is 31.6 Å². The van der Waals surface area contributed by atoms with Crippen molar-refractivity contribution in [3.8, 4) is 11.5 Å². The summed E-state index contributed by atoms with van der Waals surface area (Å²) in [5.41, 5.74) is 0.611. The number of hydrogen-bond acceptors (Lipinski definition) is 5. The molecule has 0 aromatic heterocycles. The van der Waals surface area contributed by atoms with E-state index in [9.17, 15) is 15.0 Å². The van der Waals surface area contributed by atoms with Gasteiger partial charge in [-0.3, -0.25) is 9.69 Å². The van der Waals surface area contributed by atoms with Gasteiger partial charge in [-0.25, -0.2) is 0 Å². The van der Waals surface area contributed by atoms with E-state index in [-0.39, 0.29) is 29.8 Å². The monoisotopic (exact) mass is 468 g/mol. The number of likely N-dealkylation sites (N-methyl/N-ethyl adjacent to an activating group) is 1. The third kappa shape index (κ3) is 3.17. The first-order chi connectivity index (χ1) is 16.4. The first-order valence-electron chi connectivity index (χ1n) is 13.3. The Labute approximate surface area is 203 Å². The van der Waals surface area contributed by atoms with Crippen molar-refractivity contribution in [2.24, 2.45) is 0 Å². The fourth-order valence-corrected chi connectivity index (χ4v) is 7.75. The van der Waals surface area contributed by atoms with Gasteiger partial charge in [-0.2, -0.15) is 0 Å². The number of rotatable bonds is 9. The molecular formula is C28H40N2O4. The minimum absolute atomic E-state index is 0.0193. The van der Waals surface area contributed by atoms with Gasteiger partial charge in [0.1, 0.15) is 6.10 Å². The number of unbranched alkanes of at least 4 members (excludes halogenated alkanes) is 3. The summed E-state index contributed by atoms with van der Waals surface area (Å²) in [5, 5.41) is 23.2. The topological polar surface area (TPSA) is 73.2 Å². The number of piperidine rings is 1. The number of nitrogens with zero attached hydrogens (tertiary/aromatic N) is 2. The molecule has 5 atom stereocenters. The first kappa shape index (κ1) is 23.7. The molecule has 6 heteroatoms. The van der Waals surface area contributed by atoms with Crippen LogP contribution in [0.2, 0.25) is 0 Å². The number of phenols is 1. The predicted octanol–water partition coefficient (Wildman–Crippen LogP) is 3.92. The highest BCUT2D eigenvalue weighted by Crippen LogP contribution is 2.65. The highest BCUT2D eigenvalue weighted by atomic mass is 16.5. The molecule has 2 fully saturated rings. The van der Waals surface area contributed by atoms with Gasteiger partial charge in [-0.05, 0) is 57.2 Å². The molecule has 2 unspecified atom stereocenters. The summed E-state index contributed by atoms with van der Waals surface area (Å²) in [6, 6.07) is 3.61. The van der Waals surface area contributed by atoms with Crippen LogP contribution < -0.4 is 4.74 Å². The zero-order valence-corrected chi connectivity index (χ0v) is 20.8. The lowest BCUT2D eigenvalue weighted by molar-refractivity contribution is -0.199. The van der Waals surface area contributed by atoms with Crippen LogP contribution >= 0.6 is 0 Å². The number of likely N-dealkylation sites (tertiary alicyclic amines) is 1. The van der Waals surface area contributed by atoms with E-state index in [0.717, 1.165) is 62.7 Å². The first-order valence-corrected chi connectivity index (χ1v) is 13.3. The minimum atomic E-state index is -0.953. The van der Waals surface area contributed by atoms with Crippen LogP contribution in [0.25, 0.3) is 0 Å². The molecule has 2 N–H and O–H groups in total. The maximum atomic E-state index is 13.4. The average molecular weight is 469 g/mol. The van der Waals surface area contributed by atoms with Gasteiger partial charge in [0.05, 0.1) is 17.1 Å². The molecule has 2 aliphatic heterocycles. The summed E-state index contributed by atoms with van der Waals surface area (Å²) in [7, 11) is 0. The van der Waals surface area contributed by atoms with Crippen molar-refractivity contribution in [1.29, 1.82) is 0 Å². The second kappa shape index (κ2) is 8.87. The molecular weight excluding hydrogens is 428 g/mol. The molecule has 1 amide bonds. The molecule has 5 rings (SSSR count). The normalized spacial score (nSPS) is 33.2. The van der Waals surface area contributed by atoms with Crippen molar-refractivity contribution in [2.45, 2.75) is 101 Å². The zero-order valence-electron chi connectivity index (χ0n) is 20.8. The van der Waals surface area contributed by atoms with E-state index >= 15 is 0 Å². The van der Waals surface area contributed by atoms with Gasteiger partial charge in [0.2, 0.25) is 5.91 Å². The van der Waals surface area contributed by atoms with Crippen molar-refractivity contribution in [2.75, 3.05) is 19.6 Å². The maximum absolute atomic E-state index is 13.4. The van der Waals surface area contributed by atoms with Crippen molar-refractivity contribution in [1.82, 2.24) is 9.80 Å². The SMILES string of the molecule is C=CCN1CC[C@]23c4c5ccc(O)c4OC2C(N(CC)C(=O)CCCCCC)CC[C@@]3(O)[C@H]1C5. The molecule has 1 saturated carbocycles. The van der Waals surface area contributed by atoms with Crippen LogP contribution in [-0.2, 0) is 16.6 Å². The molecule has 2 aliphatic carbocycles. The number of aliphatic hydroxyl groups is 1. The number of benzene rings is 1. The van der Waals surface area contributed by atoms with Gasteiger partial charge in [-0.1, -0.05) is 38.3 Å². The van der Waals surface area contributed by atoms with E-state index < -0.39 is 11.0 Å². The molecule has 1 saturated heterocycles. The van der Waals surface area contributed by atoms with Crippen molar-refractivity contribution < 1.29 is 19.7 Å². The molecule has 1 aromatic rings. The Bertz CT molecular complexity index is 964. The summed E-state index contributed by atoms with van der Waals surface area (Å²) in [4.78, 5) is 17.7. The van der Waals surface area contributed by atoms with E-state index in [1.54, 1.807) is 6.07 Å². The maximum Gasteiger partial charge on any atom is 0.222 e. The second-order valence-electron chi connectivity index (χ2n) is 10.7. The molecule has 4 aliphatic rings. The fraction of sp³-hybridized carbons (Fsp3) is 0.679. The second-order valence-corrected chi connectivity index (χ2v) is 10.7. The van der Waals surface area contributed by atoms with E-state index in [2.05, 4.69) is 18.4 Å². The summed E-state index contributed by atoms with van der Waals surface area (Å²) in [6.07, 6.45) is 9.27. The molecule has 186 valence electrons. The van der Waals surface area contributed by atoms with Gasteiger partial charge in [0.15, 0.2) is 11.5 Å². The van der Waals surface area contributed by atoms with Gasteiger partial charge in [0.25, 0.3) is 0 Å². The van der Waals surface area contributed by atoms with Crippen LogP contribution in [0.1, 0.15) is 76.3 Å². The van der Waals surface area contributed by atoms with Crippen molar-refractivity contribution in [3.63, 3.8) is 0 Å². The fourth-order valence-electron chi connectivity index (χ4n) is 7.75. The summed E-state index contributed by atoms with van der Waals surface area (Å²) >= 11 is 0. The number of ether oxygens (including phenoxy) is 1. The van der Waals surface area contributed by atoms with Crippen LogP contribution in [0.5, 0.6) is 11.5 Å². The predicted molar refractivity (Wildman–Crippen MR) is 132 cm³/mol. The minimum Gasteiger partial charge on any atom is -0.504 e. The summed E-state index contributed by atoms with van der Waals surface area (Å²) in [5.74, 6) is 0.866. The Kier molecular flexibility index (Phi) is 6.18. The standard InChI is InChI=1S/C28H40N2O4/c1-4-7-8-9-10-23(32)30(6-3)20-13-14-28(33)22-18-19-11-12-21(31)25-24(19)27(28,26(20)34-25)15-17-29(22)16-5-2/h5,11-12,20,22,26,31,33H,2,4,6-10,13-18H2,1,3H3/t20?,22-,26?,27+,28-/m1/s1. The third-order valence-electron chi connectivity index (χ3n) is 9.21. The van der Waals surface area contributed by atoms with Gasteiger partial charge < -0.3 is 19.8 Å². The molecule has 2 heterocycles. The van der Waals surface area contributed by atoms with Crippen molar-refractivity contribution in [3.05, 3.63) is 35.9 Å². The largest absolute Gasteiger partial charge is 0.504 e. The van der Waals surface area contributed by atoms with Crippen LogP contribution in [0.3, 0.4) is 0 Å². The molecule has 0 radical (unpaired) electrons. The average Bonchev–Trinajstić information content (AvgIpc) is 3.18. The Morgan fingerprint density at radius 1 is 1.29 bits per heavy atom. The number of amides is 1. The lowest BCUT2D eigenvalue weighted by Crippen LogP contribution is -2.78. The smallest absolute Gasteiger partial charge is 0.222 e. The number of hydrogen-bond donors (Lipinski definition) is 2. The number of aromatic hydroxyl groups is 1. The molecule has 1 spiro atoms. The zero-order chi connectivity index (χ0) is 24.1. The number of carbonyl (C=O) groups excluding carboxylic acids is 1. The highest BCUT2D eigenvalue weighted by molar-refractivity contribution is 5.77. The Morgan fingerprint density at radius 2 is 2.12 bits per heavy atom. The van der Waals surface area contributed by atoms with Crippen LogP contribution in [0.15, 0.2) is 24.8 Å². The molecule has 34 heavy (non-hydrogen) atoms. The Morgan fingerprint density at radius 3 is 2.85 bits per heavy atom. The summed E-state index contributed by atoms with van der Waals surface area (Å²) in [6.45, 7) is 10.4. The van der Waals surface area contributed by atoms with Crippen LogP contribution in [0.4, 0.5) is 0 Å². The Hall–Kier alpha value is -2.05. The van der Waals surface area contributed by atoms with Gasteiger partial charge in [-0.15, -0.1) is 6.58 Å². The lowest BCUT2D eigenvalue weighted by atomic mass is 9.48. The van der Waals surface area contributed by atoms with E-state index in [1.165, 1.54) is 0 Å². The summed E-state index contributed by atoms with van der Waals surface area (Å²) < 4.78 is 6.62. The highest BCUT2D eigenvalue weighted by Gasteiger charge is 2.73. The molecule has 2 bridgehead atoms. The van der Waals surface area contributed by atoms with Crippen LogP contribution in [0, 0.1) is 0 Å².